The maximum absolute atomic E-state index is 12.2. The summed E-state index contributed by atoms with van der Waals surface area (Å²) in [5.41, 5.74) is 2.48. The quantitative estimate of drug-likeness (QED) is 0.893. The zero-order chi connectivity index (χ0) is 18.3. The third-order valence-corrected chi connectivity index (χ3v) is 5.85. The summed E-state index contributed by atoms with van der Waals surface area (Å²) in [6.07, 6.45) is 2.97. The van der Waals surface area contributed by atoms with Gasteiger partial charge in [-0.05, 0) is 25.0 Å². The van der Waals surface area contributed by atoms with E-state index in [1.807, 2.05) is 35.1 Å². The van der Waals surface area contributed by atoms with Gasteiger partial charge in [-0.25, -0.2) is 0 Å². The first-order chi connectivity index (χ1) is 12.5. The number of rotatable bonds is 5. The Morgan fingerprint density at radius 3 is 3.00 bits per heavy atom. The van der Waals surface area contributed by atoms with Crippen LogP contribution in [0.25, 0.3) is 0 Å². The highest BCUT2D eigenvalue weighted by Crippen LogP contribution is 2.49. The van der Waals surface area contributed by atoms with Gasteiger partial charge in [0.2, 0.25) is 0 Å². The molecular formula is C20H25N3O3. The van der Waals surface area contributed by atoms with Crippen LogP contribution in [-0.2, 0) is 17.9 Å². The summed E-state index contributed by atoms with van der Waals surface area (Å²) in [6, 6.07) is 7.83. The molecule has 1 aromatic carbocycles. The summed E-state index contributed by atoms with van der Waals surface area (Å²) in [4.78, 5) is 14.4. The zero-order valence-electron chi connectivity index (χ0n) is 15.3. The first-order valence-corrected chi connectivity index (χ1v) is 9.24. The molecule has 0 aliphatic carbocycles. The number of aromatic nitrogens is 2. The predicted octanol–water partition coefficient (Wildman–Crippen LogP) is 2.66. The van der Waals surface area contributed by atoms with Crippen molar-refractivity contribution in [3.63, 3.8) is 0 Å². The van der Waals surface area contributed by atoms with Gasteiger partial charge in [0.25, 0.3) is 0 Å². The number of aliphatic carboxylic acids is 1. The number of nitrogens with zero attached hydrogens (tertiary/aromatic N) is 3. The van der Waals surface area contributed by atoms with Gasteiger partial charge in [0, 0.05) is 43.4 Å². The van der Waals surface area contributed by atoms with Crippen molar-refractivity contribution in [1.29, 1.82) is 0 Å². The lowest BCUT2D eigenvalue weighted by Crippen LogP contribution is -2.45. The monoisotopic (exact) mass is 355 g/mol. The molecule has 4 rings (SSSR count). The molecule has 138 valence electrons. The molecular weight excluding hydrogens is 330 g/mol. The normalized spacial score (nSPS) is 24.8. The molecule has 2 aliphatic rings. The van der Waals surface area contributed by atoms with Gasteiger partial charge < -0.3 is 9.84 Å². The second-order valence-electron chi connectivity index (χ2n) is 7.49. The minimum absolute atomic E-state index is 0.0454. The molecule has 1 saturated heterocycles. The van der Waals surface area contributed by atoms with Crippen molar-refractivity contribution in [2.24, 2.45) is 5.41 Å². The van der Waals surface area contributed by atoms with Crippen LogP contribution < -0.4 is 4.74 Å². The molecule has 1 N–H and O–H groups in total. The van der Waals surface area contributed by atoms with Crippen molar-refractivity contribution in [1.82, 2.24) is 14.7 Å². The SMILES string of the molecule is CCCn1ncc(CN2C[C@@H]3c4ccccc4OC[C@]3(C(=O)O)C2)c1C. The molecule has 6 nitrogen and oxygen atoms in total. The summed E-state index contributed by atoms with van der Waals surface area (Å²) < 4.78 is 7.87. The van der Waals surface area contributed by atoms with Crippen molar-refractivity contribution in [3.8, 4) is 5.75 Å². The van der Waals surface area contributed by atoms with Crippen LogP contribution in [0.2, 0.25) is 0 Å². The molecule has 1 aromatic heterocycles. The third-order valence-electron chi connectivity index (χ3n) is 5.85. The van der Waals surface area contributed by atoms with Gasteiger partial charge >= 0.3 is 5.97 Å². The van der Waals surface area contributed by atoms with E-state index in [9.17, 15) is 9.90 Å². The fourth-order valence-corrected chi connectivity index (χ4v) is 4.37. The fourth-order valence-electron chi connectivity index (χ4n) is 4.37. The number of carboxylic acids is 1. The molecule has 3 heterocycles. The van der Waals surface area contributed by atoms with Crippen LogP contribution in [0.1, 0.15) is 36.1 Å². The Morgan fingerprint density at radius 1 is 1.42 bits per heavy atom. The highest BCUT2D eigenvalue weighted by atomic mass is 16.5. The second-order valence-corrected chi connectivity index (χ2v) is 7.49. The van der Waals surface area contributed by atoms with Gasteiger partial charge in [-0.1, -0.05) is 25.1 Å². The lowest BCUT2D eigenvalue weighted by molar-refractivity contribution is -0.151. The van der Waals surface area contributed by atoms with E-state index in [1.165, 1.54) is 11.3 Å². The molecule has 2 aliphatic heterocycles. The van der Waals surface area contributed by atoms with Gasteiger partial charge in [-0.15, -0.1) is 0 Å². The van der Waals surface area contributed by atoms with E-state index in [0.29, 0.717) is 6.54 Å². The maximum Gasteiger partial charge on any atom is 0.315 e. The standard InChI is InChI=1S/C20H25N3O3/c1-3-8-23-14(2)15(9-21-23)10-22-11-17-16-6-4-5-7-18(16)26-13-20(17,12-22)19(24)25/h4-7,9,17H,3,8,10-13H2,1-2H3,(H,24,25)/t17-,20-/m1/s1. The van der Waals surface area contributed by atoms with Crippen molar-refractivity contribution < 1.29 is 14.6 Å². The topological polar surface area (TPSA) is 67.6 Å². The largest absolute Gasteiger partial charge is 0.492 e. The molecule has 2 aromatic rings. The van der Waals surface area contributed by atoms with E-state index in [2.05, 4.69) is 23.8 Å². The smallest absolute Gasteiger partial charge is 0.315 e. The Kier molecular flexibility index (Phi) is 4.23. The first kappa shape index (κ1) is 17.1. The second kappa shape index (κ2) is 6.43. The van der Waals surface area contributed by atoms with E-state index in [-0.39, 0.29) is 12.5 Å². The average Bonchev–Trinajstić information content (AvgIpc) is 3.18. The highest BCUT2D eigenvalue weighted by molar-refractivity contribution is 5.78. The number of carbonyl (C=O) groups is 1. The molecule has 2 atom stereocenters. The summed E-state index contributed by atoms with van der Waals surface area (Å²) in [6.45, 7) is 7.32. The third kappa shape index (κ3) is 2.60. The fraction of sp³-hybridized carbons (Fsp3) is 0.500. The van der Waals surface area contributed by atoms with Crippen LogP contribution in [0.15, 0.2) is 30.5 Å². The molecule has 26 heavy (non-hydrogen) atoms. The molecule has 0 spiro atoms. The lowest BCUT2D eigenvalue weighted by Gasteiger charge is -2.35. The molecule has 1 fully saturated rings. The summed E-state index contributed by atoms with van der Waals surface area (Å²) in [5, 5.41) is 14.5. The van der Waals surface area contributed by atoms with E-state index in [1.54, 1.807) is 0 Å². The molecule has 0 amide bonds. The van der Waals surface area contributed by atoms with E-state index in [4.69, 9.17) is 4.74 Å². The van der Waals surface area contributed by atoms with E-state index >= 15 is 0 Å². The summed E-state index contributed by atoms with van der Waals surface area (Å²) >= 11 is 0. The van der Waals surface area contributed by atoms with Gasteiger partial charge in [0.1, 0.15) is 17.8 Å². The number of para-hydroxylation sites is 1. The Morgan fingerprint density at radius 2 is 2.23 bits per heavy atom. The van der Waals surface area contributed by atoms with Crippen LogP contribution in [0, 0.1) is 12.3 Å². The number of hydrogen-bond acceptors (Lipinski definition) is 4. The number of ether oxygens (including phenoxy) is 1. The van der Waals surface area contributed by atoms with E-state index in [0.717, 1.165) is 37.4 Å². The Balaban J connectivity index is 1.61. The van der Waals surface area contributed by atoms with E-state index < -0.39 is 11.4 Å². The zero-order valence-corrected chi connectivity index (χ0v) is 15.3. The first-order valence-electron chi connectivity index (χ1n) is 9.24. The lowest BCUT2D eigenvalue weighted by atomic mass is 9.73. The maximum atomic E-state index is 12.2. The van der Waals surface area contributed by atoms with Crippen LogP contribution in [0.5, 0.6) is 5.75 Å². The van der Waals surface area contributed by atoms with Gasteiger partial charge in [-0.2, -0.15) is 5.10 Å². The predicted molar refractivity (Wildman–Crippen MR) is 97.3 cm³/mol. The van der Waals surface area contributed by atoms with Crippen LogP contribution in [0.3, 0.4) is 0 Å². The van der Waals surface area contributed by atoms with Crippen LogP contribution in [0.4, 0.5) is 0 Å². The molecule has 0 saturated carbocycles. The number of hydrogen-bond donors (Lipinski definition) is 1. The van der Waals surface area contributed by atoms with Crippen LogP contribution >= 0.6 is 0 Å². The molecule has 0 bridgehead atoms. The molecule has 6 heteroatoms. The number of carboxylic acid groups (broad SMARTS) is 1. The number of likely N-dealkylation sites (tertiary alicyclic amines) is 1. The molecule has 0 unspecified atom stereocenters. The average molecular weight is 355 g/mol. The Labute approximate surface area is 153 Å². The van der Waals surface area contributed by atoms with Crippen molar-refractivity contribution in [2.45, 2.75) is 39.3 Å². The Bertz CT molecular complexity index is 831. The van der Waals surface area contributed by atoms with Crippen molar-refractivity contribution >= 4 is 5.97 Å². The number of benzene rings is 1. The minimum Gasteiger partial charge on any atom is -0.492 e. The Hall–Kier alpha value is -2.34. The highest BCUT2D eigenvalue weighted by Gasteiger charge is 2.56. The van der Waals surface area contributed by atoms with Crippen LogP contribution in [-0.4, -0.2) is 45.5 Å². The summed E-state index contributed by atoms with van der Waals surface area (Å²) in [7, 11) is 0. The summed E-state index contributed by atoms with van der Waals surface area (Å²) in [5.74, 6) is 0.0111. The van der Waals surface area contributed by atoms with Gasteiger partial charge in [0.05, 0.1) is 6.20 Å². The van der Waals surface area contributed by atoms with Gasteiger partial charge in [-0.3, -0.25) is 14.4 Å². The number of fused-ring (bicyclic) bond motifs is 3. The minimum atomic E-state index is -0.873. The molecule has 0 radical (unpaired) electrons. The van der Waals surface area contributed by atoms with Crippen molar-refractivity contribution in [3.05, 3.63) is 47.3 Å². The number of aryl methyl sites for hydroxylation is 1. The van der Waals surface area contributed by atoms with Crippen molar-refractivity contribution in [2.75, 3.05) is 19.7 Å². The van der Waals surface area contributed by atoms with Gasteiger partial charge in [0.15, 0.2) is 0 Å².